The fraction of sp³-hybridized carbons (Fsp3) is 1.00. The monoisotopic (exact) mass is 350 g/mol. The third-order valence-electron chi connectivity index (χ3n) is 7.96. The highest BCUT2D eigenvalue weighted by Gasteiger charge is 2.49. The van der Waals surface area contributed by atoms with Crippen molar-refractivity contribution in [1.82, 2.24) is 0 Å². The Kier molecular flexibility index (Phi) is 3.29. The number of halogens is 1. The molecule has 8 fully saturated rings. The lowest BCUT2D eigenvalue weighted by molar-refractivity contribution is 0.0198. The van der Waals surface area contributed by atoms with Gasteiger partial charge in [0.25, 0.3) is 0 Å². The number of alkyl halides is 1. The van der Waals surface area contributed by atoms with E-state index in [9.17, 15) is 0 Å². The fourth-order valence-corrected chi connectivity index (χ4v) is 9.36. The molecule has 0 atom stereocenters. The van der Waals surface area contributed by atoms with E-state index in [1.165, 1.54) is 42.9 Å². The summed E-state index contributed by atoms with van der Waals surface area (Å²) in [6, 6.07) is 0. The van der Waals surface area contributed by atoms with Gasteiger partial charge in [0.2, 0.25) is 0 Å². The number of hydrogen-bond acceptors (Lipinski definition) is 0. The predicted octanol–water partition coefficient (Wildman–Crippen LogP) is 6.18. The molecule has 0 aromatic rings. The molecule has 0 amide bonds. The van der Waals surface area contributed by atoms with Gasteiger partial charge >= 0.3 is 0 Å². The van der Waals surface area contributed by atoms with E-state index in [0.717, 1.165) is 17.8 Å². The van der Waals surface area contributed by atoms with Gasteiger partial charge in [-0.15, -0.1) is 0 Å². The van der Waals surface area contributed by atoms with Gasteiger partial charge in [-0.1, -0.05) is 15.9 Å². The van der Waals surface area contributed by atoms with Crippen molar-refractivity contribution in [3.05, 3.63) is 0 Å². The minimum atomic E-state index is 0.613. The molecular formula is C20H31Br. The largest absolute Gasteiger partial charge is 0.0853 e. The topological polar surface area (TPSA) is 0 Å². The van der Waals surface area contributed by atoms with Crippen molar-refractivity contribution in [3.63, 3.8) is 0 Å². The van der Waals surface area contributed by atoms with Crippen molar-refractivity contribution in [2.75, 3.05) is 0 Å². The van der Waals surface area contributed by atoms with Crippen molar-refractivity contribution in [2.45, 2.75) is 81.4 Å². The van der Waals surface area contributed by atoms with Gasteiger partial charge in [0, 0.05) is 4.32 Å². The van der Waals surface area contributed by atoms with Crippen molar-refractivity contribution in [1.29, 1.82) is 0 Å². The molecule has 0 heterocycles. The molecule has 0 N–H and O–H groups in total. The minimum Gasteiger partial charge on any atom is -0.0853 e. The molecule has 0 nitrogen and oxygen atoms in total. The van der Waals surface area contributed by atoms with Crippen LogP contribution >= 0.6 is 15.9 Å². The highest BCUT2D eigenvalue weighted by atomic mass is 79.9. The second-order valence-corrected chi connectivity index (χ2v) is 11.6. The molecule has 0 saturated heterocycles. The van der Waals surface area contributed by atoms with Gasteiger partial charge in [0.1, 0.15) is 0 Å². The summed E-state index contributed by atoms with van der Waals surface area (Å²) < 4.78 is 0.613. The zero-order valence-corrected chi connectivity index (χ0v) is 15.0. The van der Waals surface area contributed by atoms with Crippen LogP contribution in [-0.2, 0) is 0 Å². The smallest absolute Gasteiger partial charge is 0.0266 e. The minimum absolute atomic E-state index is 0.613. The molecule has 0 radical (unpaired) electrons. The van der Waals surface area contributed by atoms with E-state index < -0.39 is 0 Å². The van der Waals surface area contributed by atoms with Crippen LogP contribution in [0.1, 0.15) is 77.0 Å². The lowest BCUT2D eigenvalue weighted by Gasteiger charge is -2.54. The van der Waals surface area contributed by atoms with Crippen molar-refractivity contribution < 1.29 is 0 Å². The van der Waals surface area contributed by atoms with Crippen LogP contribution in [0.5, 0.6) is 0 Å². The van der Waals surface area contributed by atoms with Gasteiger partial charge in [-0.05, 0) is 118 Å². The Bertz CT molecular complexity index is 320. The lowest BCUT2D eigenvalue weighted by atomic mass is 9.56. The van der Waals surface area contributed by atoms with Crippen LogP contribution < -0.4 is 0 Å². The van der Waals surface area contributed by atoms with Crippen LogP contribution in [0, 0.1) is 41.4 Å². The quantitative estimate of drug-likeness (QED) is 0.457. The van der Waals surface area contributed by atoms with Gasteiger partial charge in [-0.2, -0.15) is 0 Å². The maximum absolute atomic E-state index is 3.96. The normalized spacial score (nSPS) is 59.0. The molecule has 0 spiro atoms. The summed E-state index contributed by atoms with van der Waals surface area (Å²) in [6.45, 7) is 0. The summed E-state index contributed by atoms with van der Waals surface area (Å²) in [7, 11) is 0. The Morgan fingerprint density at radius 1 is 0.429 bits per heavy atom. The molecular weight excluding hydrogens is 320 g/mol. The van der Waals surface area contributed by atoms with E-state index in [-0.39, 0.29) is 0 Å². The molecule has 8 aliphatic rings. The van der Waals surface area contributed by atoms with E-state index in [4.69, 9.17) is 0 Å². The SMILES string of the molecule is BrC12CC3CC(CC(C3)C1)C2.C1C2CC3CC1CC(C2)C3. The average Bonchev–Trinajstić information content (AvgIpc) is 2.34. The lowest BCUT2D eigenvalue weighted by Crippen LogP contribution is -2.46. The number of rotatable bonds is 0. The first-order valence-corrected chi connectivity index (χ1v) is 10.6. The Morgan fingerprint density at radius 2 is 0.667 bits per heavy atom. The van der Waals surface area contributed by atoms with Gasteiger partial charge < -0.3 is 0 Å². The molecule has 0 aliphatic heterocycles. The maximum atomic E-state index is 3.96. The summed E-state index contributed by atoms with van der Waals surface area (Å²) in [5, 5.41) is 0. The average molecular weight is 351 g/mol. The van der Waals surface area contributed by atoms with Gasteiger partial charge in [-0.25, -0.2) is 0 Å². The molecule has 8 bridgehead atoms. The van der Waals surface area contributed by atoms with E-state index in [2.05, 4.69) is 15.9 Å². The molecule has 0 unspecified atom stereocenters. The first-order valence-electron chi connectivity index (χ1n) is 9.82. The van der Waals surface area contributed by atoms with E-state index in [0.29, 0.717) is 4.32 Å². The Hall–Kier alpha value is 0.480. The molecule has 8 rings (SSSR count). The summed E-state index contributed by atoms with van der Waals surface area (Å²) in [5.74, 6) is 8.00. The highest BCUT2D eigenvalue weighted by molar-refractivity contribution is 9.10. The third-order valence-corrected chi connectivity index (χ3v) is 8.93. The molecule has 1 heteroatoms. The summed E-state index contributed by atoms with van der Waals surface area (Å²) >= 11 is 3.96. The molecule has 0 aromatic heterocycles. The van der Waals surface area contributed by atoms with E-state index in [1.54, 1.807) is 57.8 Å². The standard InChI is InChI=1S/C10H15Br.C10H16/c11-10-4-7-1-8(5-10)3-9(2-7)6-10;1-7-2-9-4-8(1)5-10(3-7)6-9/h7-9H,1-6H2;7-10H,1-6H2. The second-order valence-electron chi connectivity index (χ2n) is 9.95. The first kappa shape index (κ1) is 13.9. The number of hydrogen-bond donors (Lipinski definition) is 0. The van der Waals surface area contributed by atoms with Gasteiger partial charge in [-0.3, -0.25) is 0 Å². The zero-order valence-electron chi connectivity index (χ0n) is 13.4. The summed E-state index contributed by atoms with van der Waals surface area (Å²) in [4.78, 5) is 0. The molecule has 21 heavy (non-hydrogen) atoms. The maximum Gasteiger partial charge on any atom is 0.0266 e. The highest BCUT2D eigenvalue weighted by Crippen LogP contribution is 2.59. The van der Waals surface area contributed by atoms with Crippen molar-refractivity contribution in [3.8, 4) is 0 Å². The van der Waals surface area contributed by atoms with Crippen LogP contribution in [0.3, 0.4) is 0 Å². The first-order chi connectivity index (χ1) is 10.1. The van der Waals surface area contributed by atoms with Crippen LogP contribution in [0.4, 0.5) is 0 Å². The second kappa shape index (κ2) is 4.99. The molecule has 8 saturated carbocycles. The Balaban J connectivity index is 0.0000000996. The van der Waals surface area contributed by atoms with Crippen LogP contribution in [0.25, 0.3) is 0 Å². The van der Waals surface area contributed by atoms with E-state index >= 15 is 0 Å². The van der Waals surface area contributed by atoms with Crippen LogP contribution in [0.15, 0.2) is 0 Å². The van der Waals surface area contributed by atoms with Gasteiger partial charge in [0.15, 0.2) is 0 Å². The van der Waals surface area contributed by atoms with Crippen molar-refractivity contribution in [2.24, 2.45) is 41.4 Å². The third kappa shape index (κ3) is 2.64. The fourth-order valence-electron chi connectivity index (χ4n) is 7.99. The van der Waals surface area contributed by atoms with E-state index in [1.807, 2.05) is 0 Å². The molecule has 0 aromatic carbocycles. The Morgan fingerprint density at radius 3 is 0.905 bits per heavy atom. The van der Waals surface area contributed by atoms with Gasteiger partial charge in [0.05, 0.1) is 0 Å². The zero-order chi connectivity index (χ0) is 14.0. The summed E-state index contributed by atoms with van der Waals surface area (Å²) in [6.07, 6.45) is 18.8. The summed E-state index contributed by atoms with van der Waals surface area (Å²) in [5.41, 5.74) is 0. The van der Waals surface area contributed by atoms with Crippen LogP contribution in [-0.4, -0.2) is 4.32 Å². The van der Waals surface area contributed by atoms with Crippen molar-refractivity contribution >= 4 is 15.9 Å². The molecule has 8 aliphatic carbocycles. The predicted molar refractivity (Wildman–Crippen MR) is 91.5 cm³/mol. The molecule has 118 valence electrons. The Labute approximate surface area is 139 Å². The van der Waals surface area contributed by atoms with Crippen LogP contribution in [0.2, 0.25) is 0 Å².